The SMILES string of the molecule is CCOc1cc(/C=C(\C#N)C(=O)Nc2ccc(C)c(C)c2)ccc1Cc1ccccc1Br. The first kappa shape index (κ1) is 23.3. The highest BCUT2D eigenvalue weighted by Crippen LogP contribution is 2.27. The molecule has 3 rings (SSSR count). The van der Waals surface area contributed by atoms with Crippen LogP contribution in [0.1, 0.15) is 34.7 Å². The number of nitrogens with zero attached hydrogens (tertiary/aromatic N) is 1. The normalized spacial score (nSPS) is 11.0. The van der Waals surface area contributed by atoms with Gasteiger partial charge in [-0.3, -0.25) is 4.79 Å². The molecule has 4 nitrogen and oxygen atoms in total. The number of nitriles is 1. The fraction of sp³-hybridized carbons (Fsp3) is 0.185. The second-order valence-electron chi connectivity index (χ2n) is 7.49. The lowest BCUT2D eigenvalue weighted by Crippen LogP contribution is -2.13. The molecule has 0 aliphatic rings. The molecule has 0 saturated carbocycles. The summed E-state index contributed by atoms with van der Waals surface area (Å²) in [6, 6.07) is 21.5. The van der Waals surface area contributed by atoms with Gasteiger partial charge in [-0.1, -0.05) is 52.3 Å². The maximum atomic E-state index is 12.7. The van der Waals surface area contributed by atoms with Crippen LogP contribution in [0.15, 0.2) is 70.7 Å². The lowest BCUT2D eigenvalue weighted by molar-refractivity contribution is -0.112. The molecule has 32 heavy (non-hydrogen) atoms. The molecule has 0 unspecified atom stereocenters. The lowest BCUT2D eigenvalue weighted by atomic mass is 10.0. The smallest absolute Gasteiger partial charge is 0.266 e. The number of benzene rings is 3. The quantitative estimate of drug-likeness (QED) is 0.300. The monoisotopic (exact) mass is 488 g/mol. The molecule has 0 aromatic heterocycles. The van der Waals surface area contributed by atoms with Crippen molar-refractivity contribution in [2.45, 2.75) is 27.2 Å². The number of carbonyl (C=O) groups excluding carboxylic acids is 1. The average Bonchev–Trinajstić information content (AvgIpc) is 2.77. The Kier molecular flexibility index (Phi) is 7.86. The Hall–Kier alpha value is -3.36. The van der Waals surface area contributed by atoms with E-state index in [1.165, 1.54) is 0 Å². The average molecular weight is 489 g/mol. The Bertz CT molecular complexity index is 1210. The van der Waals surface area contributed by atoms with E-state index < -0.39 is 5.91 Å². The summed E-state index contributed by atoms with van der Waals surface area (Å²) >= 11 is 3.59. The van der Waals surface area contributed by atoms with Crippen molar-refractivity contribution in [2.75, 3.05) is 11.9 Å². The van der Waals surface area contributed by atoms with E-state index in [2.05, 4.69) is 27.3 Å². The van der Waals surface area contributed by atoms with Crippen molar-refractivity contribution in [3.8, 4) is 11.8 Å². The molecular weight excluding hydrogens is 464 g/mol. The number of hydrogen-bond donors (Lipinski definition) is 1. The van der Waals surface area contributed by atoms with Gasteiger partial charge in [-0.05, 0) is 78.9 Å². The fourth-order valence-corrected chi connectivity index (χ4v) is 3.70. The van der Waals surface area contributed by atoms with Gasteiger partial charge in [0.15, 0.2) is 0 Å². The van der Waals surface area contributed by atoms with Crippen LogP contribution in [0.5, 0.6) is 5.75 Å². The fourth-order valence-electron chi connectivity index (χ4n) is 3.28. The Morgan fingerprint density at radius 3 is 2.53 bits per heavy atom. The highest BCUT2D eigenvalue weighted by Gasteiger charge is 2.12. The van der Waals surface area contributed by atoms with Crippen molar-refractivity contribution >= 4 is 33.6 Å². The van der Waals surface area contributed by atoms with E-state index in [0.29, 0.717) is 18.7 Å². The molecule has 1 N–H and O–H groups in total. The van der Waals surface area contributed by atoms with Crippen molar-refractivity contribution in [1.82, 2.24) is 0 Å². The predicted octanol–water partition coefficient (Wildman–Crippen LogP) is 6.60. The standard InChI is InChI=1S/C27H25BrN2O2/c1-4-32-26-15-20(10-11-22(26)16-21-7-5-6-8-25(21)28)14-23(17-29)27(31)30-24-12-9-18(2)19(3)13-24/h5-15H,4,16H2,1-3H3,(H,30,31)/b23-14+. The molecule has 0 heterocycles. The minimum Gasteiger partial charge on any atom is -0.494 e. The summed E-state index contributed by atoms with van der Waals surface area (Å²) in [4.78, 5) is 12.7. The number of anilines is 1. The summed E-state index contributed by atoms with van der Waals surface area (Å²) in [7, 11) is 0. The van der Waals surface area contributed by atoms with Gasteiger partial charge in [-0.15, -0.1) is 0 Å². The van der Waals surface area contributed by atoms with E-state index in [1.54, 1.807) is 6.08 Å². The predicted molar refractivity (Wildman–Crippen MR) is 133 cm³/mol. The highest BCUT2D eigenvalue weighted by molar-refractivity contribution is 9.10. The highest BCUT2D eigenvalue weighted by atomic mass is 79.9. The summed E-state index contributed by atoms with van der Waals surface area (Å²) in [5.74, 6) is 0.301. The third-order valence-electron chi connectivity index (χ3n) is 5.17. The first-order valence-electron chi connectivity index (χ1n) is 10.4. The van der Waals surface area contributed by atoms with E-state index >= 15 is 0 Å². The molecule has 0 fully saturated rings. The van der Waals surface area contributed by atoms with Crippen LogP contribution in [0, 0.1) is 25.2 Å². The van der Waals surface area contributed by atoms with E-state index in [9.17, 15) is 10.1 Å². The maximum absolute atomic E-state index is 12.7. The van der Waals surface area contributed by atoms with Gasteiger partial charge in [0, 0.05) is 16.6 Å². The first-order valence-corrected chi connectivity index (χ1v) is 11.2. The van der Waals surface area contributed by atoms with Gasteiger partial charge in [0.05, 0.1) is 6.61 Å². The van der Waals surface area contributed by atoms with Crippen molar-refractivity contribution in [3.05, 3.63) is 98.5 Å². The number of hydrogen-bond acceptors (Lipinski definition) is 3. The van der Waals surface area contributed by atoms with Crippen LogP contribution >= 0.6 is 15.9 Å². The summed E-state index contributed by atoms with van der Waals surface area (Å²) in [5.41, 5.74) is 5.84. The molecular formula is C27H25BrN2O2. The topological polar surface area (TPSA) is 62.1 Å². The van der Waals surface area contributed by atoms with Crippen LogP contribution in [0.2, 0.25) is 0 Å². The van der Waals surface area contributed by atoms with E-state index in [-0.39, 0.29) is 5.57 Å². The first-order chi connectivity index (χ1) is 15.4. The molecule has 1 amide bonds. The second-order valence-corrected chi connectivity index (χ2v) is 8.35. The minimum absolute atomic E-state index is 0.0317. The number of halogens is 1. The van der Waals surface area contributed by atoms with Crippen molar-refractivity contribution < 1.29 is 9.53 Å². The van der Waals surface area contributed by atoms with Gasteiger partial charge >= 0.3 is 0 Å². The van der Waals surface area contributed by atoms with E-state index in [0.717, 1.165) is 38.0 Å². The summed E-state index contributed by atoms with van der Waals surface area (Å²) in [6.45, 7) is 6.45. The zero-order valence-corrected chi connectivity index (χ0v) is 20.0. The minimum atomic E-state index is -0.439. The molecule has 0 aliphatic carbocycles. The number of carbonyl (C=O) groups is 1. The molecule has 0 atom stereocenters. The van der Waals surface area contributed by atoms with Crippen LogP contribution in [0.25, 0.3) is 6.08 Å². The van der Waals surface area contributed by atoms with Crippen LogP contribution in [-0.2, 0) is 11.2 Å². The van der Waals surface area contributed by atoms with Crippen molar-refractivity contribution in [1.29, 1.82) is 5.26 Å². The number of rotatable bonds is 7. The third-order valence-corrected chi connectivity index (χ3v) is 5.94. The summed E-state index contributed by atoms with van der Waals surface area (Å²) in [5, 5.41) is 12.4. The molecule has 0 aliphatic heterocycles. The molecule has 0 bridgehead atoms. The summed E-state index contributed by atoms with van der Waals surface area (Å²) < 4.78 is 6.90. The van der Waals surface area contributed by atoms with Crippen molar-refractivity contribution in [3.63, 3.8) is 0 Å². The molecule has 3 aromatic rings. The molecule has 3 aromatic carbocycles. The molecule has 0 spiro atoms. The Labute approximate surface area is 197 Å². The van der Waals surface area contributed by atoms with Gasteiger partial charge in [0.2, 0.25) is 0 Å². The van der Waals surface area contributed by atoms with E-state index in [1.807, 2.05) is 81.4 Å². The van der Waals surface area contributed by atoms with Gasteiger partial charge < -0.3 is 10.1 Å². The molecule has 5 heteroatoms. The largest absolute Gasteiger partial charge is 0.494 e. The number of ether oxygens (including phenoxy) is 1. The zero-order chi connectivity index (χ0) is 23.1. The lowest BCUT2D eigenvalue weighted by Gasteiger charge is -2.12. The van der Waals surface area contributed by atoms with Crippen LogP contribution < -0.4 is 10.1 Å². The van der Waals surface area contributed by atoms with Gasteiger partial charge in [0.25, 0.3) is 5.91 Å². The zero-order valence-electron chi connectivity index (χ0n) is 18.4. The Balaban J connectivity index is 1.85. The number of aryl methyl sites for hydroxylation is 2. The third kappa shape index (κ3) is 5.87. The van der Waals surface area contributed by atoms with Gasteiger partial charge in [-0.2, -0.15) is 5.26 Å². The Morgan fingerprint density at radius 1 is 1.06 bits per heavy atom. The molecule has 0 saturated heterocycles. The summed E-state index contributed by atoms with van der Waals surface area (Å²) in [6.07, 6.45) is 2.29. The van der Waals surface area contributed by atoms with Gasteiger partial charge in [0.1, 0.15) is 17.4 Å². The van der Waals surface area contributed by atoms with Crippen LogP contribution in [0.3, 0.4) is 0 Å². The van der Waals surface area contributed by atoms with Crippen LogP contribution in [0.4, 0.5) is 5.69 Å². The maximum Gasteiger partial charge on any atom is 0.266 e. The van der Waals surface area contributed by atoms with Gasteiger partial charge in [-0.25, -0.2) is 0 Å². The molecule has 162 valence electrons. The Morgan fingerprint density at radius 2 is 1.84 bits per heavy atom. The molecule has 0 radical (unpaired) electrons. The van der Waals surface area contributed by atoms with Crippen LogP contribution in [-0.4, -0.2) is 12.5 Å². The second kappa shape index (κ2) is 10.8. The van der Waals surface area contributed by atoms with Crippen molar-refractivity contribution in [2.24, 2.45) is 0 Å². The number of amides is 1. The van der Waals surface area contributed by atoms with E-state index in [4.69, 9.17) is 4.74 Å². The number of nitrogens with one attached hydrogen (secondary N) is 1.